The van der Waals surface area contributed by atoms with E-state index in [1.807, 2.05) is 21.1 Å². The van der Waals surface area contributed by atoms with Crippen molar-refractivity contribution >= 4 is 17.9 Å². The summed E-state index contributed by atoms with van der Waals surface area (Å²) in [7, 11) is 5.96. The Balaban J connectivity index is 4.21. The summed E-state index contributed by atoms with van der Waals surface area (Å²) in [6, 6.07) is 0. The Labute approximate surface area is 442 Å². The van der Waals surface area contributed by atoms with Crippen LogP contribution in [0.2, 0.25) is 0 Å². The number of nitrogens with zero attached hydrogens (tertiary/aromatic N) is 1. The van der Waals surface area contributed by atoms with E-state index in [1.165, 1.54) is 109 Å². The predicted octanol–water partition coefficient (Wildman–Crippen LogP) is 17.2. The molecule has 0 aromatic carbocycles. The maximum atomic E-state index is 12.9. The highest BCUT2D eigenvalue weighted by Crippen LogP contribution is 2.15. The summed E-state index contributed by atoms with van der Waals surface area (Å²) in [4.78, 5) is 37.4. The van der Waals surface area contributed by atoms with Gasteiger partial charge in [-0.3, -0.25) is 9.59 Å². The van der Waals surface area contributed by atoms with Crippen LogP contribution in [0.15, 0.2) is 85.1 Å². The van der Waals surface area contributed by atoms with Crippen LogP contribution in [-0.2, 0) is 33.3 Å². The van der Waals surface area contributed by atoms with Crippen LogP contribution in [0, 0.1) is 0 Å². The smallest absolute Gasteiger partial charge is 0.361 e. The molecule has 0 radical (unpaired) electrons. The summed E-state index contributed by atoms with van der Waals surface area (Å²) < 4.78 is 22.9. The molecule has 0 saturated heterocycles. The predicted molar refractivity (Wildman–Crippen MR) is 304 cm³/mol. The Kier molecular flexibility index (Phi) is 51.1. The first-order valence-electron chi connectivity index (χ1n) is 29.3. The molecule has 0 bridgehead atoms. The number of aliphatic carboxylic acids is 1. The number of likely N-dealkylation sites (N-methyl/N-ethyl adjacent to an activating group) is 1. The highest BCUT2D eigenvalue weighted by molar-refractivity contribution is 5.71. The number of unbranched alkanes of at least 4 members (excludes halogenated alkanes) is 24. The minimum absolute atomic E-state index is 0.183. The van der Waals surface area contributed by atoms with E-state index >= 15 is 0 Å². The van der Waals surface area contributed by atoms with Crippen LogP contribution in [0.4, 0.5) is 0 Å². The summed E-state index contributed by atoms with van der Waals surface area (Å²) in [5.41, 5.74) is 0. The topological polar surface area (TPSA) is 108 Å². The third kappa shape index (κ3) is 54.2. The molecular formula is C63H110NO8+. The van der Waals surface area contributed by atoms with E-state index < -0.39 is 24.3 Å². The number of esters is 2. The average molecular weight is 1010 g/mol. The largest absolute Gasteiger partial charge is 0.477 e. The molecule has 0 fully saturated rings. The number of hydrogen-bond acceptors (Lipinski definition) is 7. The molecule has 0 heterocycles. The van der Waals surface area contributed by atoms with Gasteiger partial charge >= 0.3 is 17.9 Å². The molecule has 2 unspecified atom stereocenters. The Morgan fingerprint density at radius 3 is 1.19 bits per heavy atom. The lowest BCUT2D eigenvalue weighted by Crippen LogP contribution is -2.40. The van der Waals surface area contributed by atoms with Gasteiger partial charge in [0.2, 0.25) is 0 Å². The van der Waals surface area contributed by atoms with E-state index in [-0.39, 0.29) is 38.6 Å². The number of carbonyl (C=O) groups is 3. The third-order valence-electron chi connectivity index (χ3n) is 12.4. The first-order valence-corrected chi connectivity index (χ1v) is 29.3. The molecule has 0 amide bonds. The minimum Gasteiger partial charge on any atom is -0.477 e. The van der Waals surface area contributed by atoms with Crippen molar-refractivity contribution in [3.63, 3.8) is 0 Å². The zero-order chi connectivity index (χ0) is 52.7. The van der Waals surface area contributed by atoms with Gasteiger partial charge in [0, 0.05) is 12.8 Å². The van der Waals surface area contributed by atoms with Gasteiger partial charge in [0.1, 0.15) is 13.2 Å². The number of carboxylic acids is 1. The van der Waals surface area contributed by atoms with Crippen LogP contribution in [-0.4, -0.2) is 87.4 Å². The highest BCUT2D eigenvalue weighted by atomic mass is 16.7. The average Bonchev–Trinajstić information content (AvgIpc) is 3.35. The maximum absolute atomic E-state index is 12.9. The van der Waals surface area contributed by atoms with Crippen molar-refractivity contribution in [1.82, 2.24) is 0 Å². The number of quaternary nitrogens is 1. The SMILES string of the molecule is CC/C=C\C/C=C\C/C=C\C/C=C\C/C=C\C/C=C\CCCCCCCCCCCCCCC(=O)OC(COC(=O)CCCCCCC/C=C\CCCCCCCCC)COC(OCC[N+](C)(C)C)C(=O)O. The van der Waals surface area contributed by atoms with Crippen molar-refractivity contribution in [3.05, 3.63) is 85.1 Å². The summed E-state index contributed by atoms with van der Waals surface area (Å²) in [6.07, 6.45) is 68.0. The van der Waals surface area contributed by atoms with Gasteiger partial charge in [0.15, 0.2) is 6.10 Å². The third-order valence-corrected chi connectivity index (χ3v) is 12.4. The number of hydrogen-bond donors (Lipinski definition) is 1. The number of carbonyl (C=O) groups excluding carboxylic acids is 2. The van der Waals surface area contributed by atoms with Crippen molar-refractivity contribution in [2.75, 3.05) is 47.5 Å². The number of rotatable bonds is 53. The fourth-order valence-electron chi connectivity index (χ4n) is 7.89. The Hall–Kier alpha value is -3.53. The Morgan fingerprint density at radius 2 is 0.792 bits per heavy atom. The first-order chi connectivity index (χ1) is 35.1. The second kappa shape index (κ2) is 53.8. The van der Waals surface area contributed by atoms with Gasteiger partial charge in [-0.2, -0.15) is 0 Å². The molecule has 0 aromatic heterocycles. The summed E-state index contributed by atoms with van der Waals surface area (Å²) in [6.45, 7) is 4.75. The molecule has 0 aromatic rings. The van der Waals surface area contributed by atoms with Crippen LogP contribution in [0.25, 0.3) is 0 Å². The van der Waals surface area contributed by atoms with Gasteiger partial charge in [-0.15, -0.1) is 0 Å². The number of carboxylic acid groups (broad SMARTS) is 1. The van der Waals surface area contributed by atoms with E-state index in [9.17, 15) is 19.5 Å². The van der Waals surface area contributed by atoms with Gasteiger partial charge in [-0.1, -0.05) is 221 Å². The standard InChI is InChI=1S/C63H109NO8/c1-6-8-10-12-14-16-18-20-22-24-25-26-27-28-29-30-31-32-33-34-35-36-37-38-40-42-44-46-48-50-52-54-61(66)72-59(58-71-63(62(67)68)69-56-55-64(3,4)5)57-70-60(65)53-51-49-47-45-43-41-39-23-21-19-17-15-13-11-9-7-2/h8,10,14,16,20,22-23,25-26,28-29,31-32,39,59,63H,6-7,9,11-13,15,17-19,21,24,27,30,33-38,40-58H2,1-5H3/p+1/b10-8-,16-14-,22-20-,26-25-,29-28-,32-31-,39-23-. The van der Waals surface area contributed by atoms with Crippen molar-refractivity contribution in [3.8, 4) is 0 Å². The normalized spacial score (nSPS) is 13.4. The van der Waals surface area contributed by atoms with Gasteiger partial charge in [0.05, 0.1) is 34.4 Å². The molecule has 9 heteroatoms. The molecular weight excluding hydrogens is 899 g/mol. The lowest BCUT2D eigenvalue weighted by Gasteiger charge is -2.25. The van der Waals surface area contributed by atoms with Crippen molar-refractivity contribution in [2.45, 2.75) is 251 Å². The summed E-state index contributed by atoms with van der Waals surface area (Å²) in [5.74, 6) is -2.02. The molecule has 9 nitrogen and oxygen atoms in total. The summed E-state index contributed by atoms with van der Waals surface area (Å²) in [5, 5.41) is 9.70. The molecule has 414 valence electrons. The van der Waals surface area contributed by atoms with Crippen LogP contribution in [0.3, 0.4) is 0 Å². The molecule has 0 aliphatic heterocycles. The van der Waals surface area contributed by atoms with Crippen molar-refractivity contribution < 1.29 is 42.9 Å². The van der Waals surface area contributed by atoms with Gasteiger partial charge in [-0.05, 0) is 89.9 Å². The first kappa shape index (κ1) is 68.5. The van der Waals surface area contributed by atoms with E-state index in [1.54, 1.807) is 0 Å². The molecule has 0 saturated carbocycles. The second-order valence-corrected chi connectivity index (χ2v) is 20.6. The van der Waals surface area contributed by atoms with E-state index in [0.717, 1.165) is 96.3 Å². The molecule has 72 heavy (non-hydrogen) atoms. The quantitative estimate of drug-likeness (QED) is 0.0211. The lowest BCUT2D eigenvalue weighted by molar-refractivity contribution is -0.870. The Bertz CT molecular complexity index is 1450. The molecule has 1 N–H and O–H groups in total. The zero-order valence-corrected chi connectivity index (χ0v) is 47.1. The van der Waals surface area contributed by atoms with E-state index in [4.69, 9.17) is 18.9 Å². The zero-order valence-electron chi connectivity index (χ0n) is 47.1. The highest BCUT2D eigenvalue weighted by Gasteiger charge is 2.25. The number of ether oxygens (including phenoxy) is 4. The fourth-order valence-corrected chi connectivity index (χ4v) is 7.89. The van der Waals surface area contributed by atoms with Crippen LogP contribution in [0.1, 0.15) is 239 Å². The maximum Gasteiger partial charge on any atom is 0.361 e. The van der Waals surface area contributed by atoms with Gasteiger partial charge < -0.3 is 28.5 Å². The lowest BCUT2D eigenvalue weighted by atomic mass is 10.0. The van der Waals surface area contributed by atoms with E-state index in [0.29, 0.717) is 17.4 Å². The minimum atomic E-state index is -1.52. The fraction of sp³-hybridized carbons (Fsp3) is 0.730. The van der Waals surface area contributed by atoms with Gasteiger partial charge in [-0.25, -0.2) is 4.79 Å². The van der Waals surface area contributed by atoms with E-state index in [2.05, 4.69) is 98.9 Å². The van der Waals surface area contributed by atoms with Crippen LogP contribution in [0.5, 0.6) is 0 Å². The summed E-state index contributed by atoms with van der Waals surface area (Å²) >= 11 is 0. The molecule has 0 aliphatic rings. The second-order valence-electron chi connectivity index (χ2n) is 20.6. The van der Waals surface area contributed by atoms with Crippen molar-refractivity contribution in [2.24, 2.45) is 0 Å². The van der Waals surface area contributed by atoms with Crippen LogP contribution < -0.4 is 0 Å². The molecule has 0 aliphatic carbocycles. The molecule has 2 atom stereocenters. The molecule has 0 rings (SSSR count). The number of allylic oxidation sites excluding steroid dienone is 14. The monoisotopic (exact) mass is 1010 g/mol. The van der Waals surface area contributed by atoms with Gasteiger partial charge in [0.25, 0.3) is 6.29 Å². The van der Waals surface area contributed by atoms with Crippen molar-refractivity contribution in [1.29, 1.82) is 0 Å². The van der Waals surface area contributed by atoms with Crippen LogP contribution >= 0.6 is 0 Å². The molecule has 0 spiro atoms. The Morgan fingerprint density at radius 1 is 0.431 bits per heavy atom.